The van der Waals surface area contributed by atoms with E-state index in [2.05, 4.69) is 4.99 Å². The Balaban J connectivity index is 2.00. The van der Waals surface area contributed by atoms with Gasteiger partial charge in [-0.1, -0.05) is 17.7 Å². The van der Waals surface area contributed by atoms with E-state index in [1.807, 2.05) is 31.2 Å². The zero-order chi connectivity index (χ0) is 20.3. The molecule has 28 heavy (non-hydrogen) atoms. The molecule has 0 fully saturated rings. The second kappa shape index (κ2) is 7.96. The highest BCUT2D eigenvalue weighted by atomic mass is 16.6. The Bertz CT molecular complexity index is 981. The normalized spacial score (nSPS) is 14.5. The van der Waals surface area contributed by atoms with Crippen LogP contribution >= 0.6 is 0 Å². The predicted molar refractivity (Wildman–Crippen MR) is 103 cm³/mol. The molecule has 1 aliphatic rings. The average Bonchev–Trinajstić information content (AvgIpc) is 3.02. The molecule has 7 heteroatoms. The maximum atomic E-state index is 12.2. The minimum atomic E-state index is -0.557. The van der Waals surface area contributed by atoms with Crippen LogP contribution in [0.15, 0.2) is 47.1 Å². The Kier molecular flexibility index (Phi) is 5.44. The summed E-state index contributed by atoms with van der Waals surface area (Å²) in [5, 5.41) is 0. The highest BCUT2D eigenvalue weighted by Crippen LogP contribution is 2.39. The lowest BCUT2D eigenvalue weighted by Gasteiger charge is -2.13. The lowest BCUT2D eigenvalue weighted by molar-refractivity contribution is -0.132. The summed E-state index contributed by atoms with van der Waals surface area (Å²) in [6.07, 6.45) is 1.55. The number of aliphatic imine (C=N–C) groups is 1. The summed E-state index contributed by atoms with van der Waals surface area (Å²) in [5.41, 5.74) is 2.47. The number of carbonyl (C=O) groups is 2. The van der Waals surface area contributed by atoms with Crippen molar-refractivity contribution >= 4 is 23.9 Å². The summed E-state index contributed by atoms with van der Waals surface area (Å²) in [6, 6.07) is 10.7. The Morgan fingerprint density at radius 1 is 1.11 bits per heavy atom. The predicted octanol–water partition coefficient (Wildman–Crippen LogP) is 3.28. The minimum Gasteiger partial charge on any atom is -0.493 e. The molecule has 0 unspecified atom stereocenters. The van der Waals surface area contributed by atoms with Gasteiger partial charge < -0.3 is 18.9 Å². The quantitative estimate of drug-likeness (QED) is 0.449. The van der Waals surface area contributed by atoms with Gasteiger partial charge in [0, 0.05) is 12.5 Å². The number of rotatable bonds is 5. The van der Waals surface area contributed by atoms with Crippen molar-refractivity contribution < 1.29 is 28.5 Å². The fraction of sp³-hybridized carbons (Fsp3) is 0.190. The molecule has 7 nitrogen and oxygen atoms in total. The van der Waals surface area contributed by atoms with E-state index in [0.717, 1.165) is 11.1 Å². The number of hydrogen-bond acceptors (Lipinski definition) is 7. The van der Waals surface area contributed by atoms with Crippen LogP contribution in [-0.2, 0) is 14.3 Å². The zero-order valence-electron chi connectivity index (χ0n) is 15.9. The van der Waals surface area contributed by atoms with Crippen LogP contribution in [0.1, 0.15) is 23.6 Å². The van der Waals surface area contributed by atoms with E-state index in [-0.39, 0.29) is 28.8 Å². The zero-order valence-corrected chi connectivity index (χ0v) is 15.9. The number of hydrogen-bond donors (Lipinski definition) is 0. The van der Waals surface area contributed by atoms with Crippen molar-refractivity contribution in [2.24, 2.45) is 4.99 Å². The van der Waals surface area contributed by atoms with Gasteiger partial charge in [-0.15, -0.1) is 0 Å². The van der Waals surface area contributed by atoms with Crippen molar-refractivity contribution in [2.75, 3.05) is 14.2 Å². The second-order valence-electron chi connectivity index (χ2n) is 6.05. The lowest BCUT2D eigenvalue weighted by Crippen LogP contribution is -2.06. The van der Waals surface area contributed by atoms with E-state index in [9.17, 15) is 9.59 Å². The first kappa shape index (κ1) is 19.2. The first-order valence-corrected chi connectivity index (χ1v) is 8.45. The van der Waals surface area contributed by atoms with Crippen LogP contribution in [0, 0.1) is 6.92 Å². The van der Waals surface area contributed by atoms with Crippen molar-refractivity contribution in [3.63, 3.8) is 0 Å². The molecule has 144 valence electrons. The molecule has 1 aliphatic heterocycles. The van der Waals surface area contributed by atoms with Gasteiger partial charge in [0.2, 0.25) is 11.6 Å². The molecular weight excluding hydrogens is 362 g/mol. The Morgan fingerprint density at radius 2 is 1.79 bits per heavy atom. The van der Waals surface area contributed by atoms with Crippen LogP contribution in [0.25, 0.3) is 6.08 Å². The van der Waals surface area contributed by atoms with Gasteiger partial charge in [-0.3, -0.25) is 4.79 Å². The van der Waals surface area contributed by atoms with Crippen LogP contribution < -0.4 is 14.2 Å². The third-order valence-corrected chi connectivity index (χ3v) is 3.92. The van der Waals surface area contributed by atoms with Crippen LogP contribution in [0.3, 0.4) is 0 Å². The van der Waals surface area contributed by atoms with Crippen molar-refractivity contribution in [3.8, 4) is 17.2 Å². The molecule has 0 saturated heterocycles. The molecule has 0 atom stereocenters. The Morgan fingerprint density at radius 3 is 2.36 bits per heavy atom. The van der Waals surface area contributed by atoms with Gasteiger partial charge in [0.25, 0.3) is 0 Å². The maximum Gasteiger partial charge on any atom is 0.363 e. The fourth-order valence-electron chi connectivity index (χ4n) is 2.70. The van der Waals surface area contributed by atoms with E-state index in [0.29, 0.717) is 5.56 Å². The van der Waals surface area contributed by atoms with E-state index >= 15 is 0 Å². The molecule has 2 aromatic carbocycles. The largest absolute Gasteiger partial charge is 0.493 e. The van der Waals surface area contributed by atoms with Crippen LogP contribution in [-0.4, -0.2) is 32.1 Å². The Labute approximate surface area is 162 Å². The molecule has 1 heterocycles. The average molecular weight is 381 g/mol. The molecule has 0 N–H and O–H groups in total. The molecule has 2 aromatic rings. The number of esters is 2. The molecule has 0 bridgehead atoms. The molecule has 0 aromatic heterocycles. The number of ether oxygens (including phenoxy) is 4. The number of nitrogens with zero attached hydrogens (tertiary/aromatic N) is 1. The number of cyclic esters (lactones) is 1. The molecule has 0 spiro atoms. The maximum absolute atomic E-state index is 12.2. The van der Waals surface area contributed by atoms with Crippen LogP contribution in [0.5, 0.6) is 17.2 Å². The van der Waals surface area contributed by atoms with E-state index in [1.54, 1.807) is 18.2 Å². The number of aryl methyl sites for hydroxylation is 1. The summed E-state index contributed by atoms with van der Waals surface area (Å²) in [4.78, 5) is 27.9. The van der Waals surface area contributed by atoms with Gasteiger partial charge in [0.05, 0.1) is 14.2 Å². The third kappa shape index (κ3) is 4.03. The monoisotopic (exact) mass is 381 g/mol. The molecule has 0 saturated carbocycles. The van der Waals surface area contributed by atoms with Gasteiger partial charge in [0.1, 0.15) is 0 Å². The van der Waals surface area contributed by atoms with Gasteiger partial charge in [-0.05, 0) is 42.8 Å². The molecule has 3 rings (SSSR count). The lowest BCUT2D eigenvalue weighted by atomic mass is 10.1. The fourth-order valence-corrected chi connectivity index (χ4v) is 2.70. The van der Waals surface area contributed by atoms with Gasteiger partial charge in [-0.25, -0.2) is 9.79 Å². The number of benzene rings is 2. The highest BCUT2D eigenvalue weighted by Gasteiger charge is 2.25. The van der Waals surface area contributed by atoms with Crippen LogP contribution in [0.4, 0.5) is 0 Å². The molecular formula is C21H19NO6. The third-order valence-electron chi connectivity index (χ3n) is 3.92. The van der Waals surface area contributed by atoms with Gasteiger partial charge in [0.15, 0.2) is 17.2 Å². The van der Waals surface area contributed by atoms with E-state index in [4.69, 9.17) is 18.9 Å². The summed E-state index contributed by atoms with van der Waals surface area (Å²) in [5.74, 6) is -0.0766. The number of methoxy groups -OCH3 is 2. The van der Waals surface area contributed by atoms with E-state index in [1.165, 1.54) is 21.1 Å². The van der Waals surface area contributed by atoms with Gasteiger partial charge >= 0.3 is 11.9 Å². The van der Waals surface area contributed by atoms with Crippen LogP contribution in [0.2, 0.25) is 0 Å². The SMILES string of the molecule is COc1cc(/C=C2/N=C(c3cccc(C)c3)OC2=O)cc(OC)c1OC(C)=O. The standard InChI is InChI=1S/C21H19NO6/c1-12-6-5-7-15(8-12)20-22-16(21(24)28-20)9-14-10-17(25-3)19(27-13(2)23)18(11-14)26-4/h5-11H,1-4H3/b16-9+. The summed E-state index contributed by atoms with van der Waals surface area (Å²) in [6.45, 7) is 3.23. The molecule has 0 radical (unpaired) electrons. The van der Waals surface area contributed by atoms with Crippen molar-refractivity contribution in [1.29, 1.82) is 0 Å². The van der Waals surface area contributed by atoms with Crippen molar-refractivity contribution in [2.45, 2.75) is 13.8 Å². The summed E-state index contributed by atoms with van der Waals surface area (Å²) >= 11 is 0. The van der Waals surface area contributed by atoms with Crippen molar-refractivity contribution in [3.05, 3.63) is 58.8 Å². The smallest absolute Gasteiger partial charge is 0.363 e. The summed E-state index contributed by atoms with van der Waals surface area (Å²) < 4.78 is 21.0. The highest BCUT2D eigenvalue weighted by molar-refractivity contribution is 6.12. The Hall–Kier alpha value is -3.61. The first-order valence-electron chi connectivity index (χ1n) is 8.45. The topological polar surface area (TPSA) is 83.4 Å². The summed E-state index contributed by atoms with van der Waals surface area (Å²) in [7, 11) is 2.88. The molecule has 0 amide bonds. The number of carbonyl (C=O) groups excluding carboxylic acids is 2. The first-order chi connectivity index (χ1) is 13.4. The molecule has 0 aliphatic carbocycles. The van der Waals surface area contributed by atoms with Crippen molar-refractivity contribution in [1.82, 2.24) is 0 Å². The van der Waals surface area contributed by atoms with Gasteiger partial charge in [-0.2, -0.15) is 0 Å². The van der Waals surface area contributed by atoms with E-state index < -0.39 is 11.9 Å². The minimum absolute atomic E-state index is 0.140. The second-order valence-corrected chi connectivity index (χ2v) is 6.05.